The fourth-order valence-corrected chi connectivity index (χ4v) is 3.03. The van der Waals surface area contributed by atoms with Crippen LogP contribution in [0.2, 0.25) is 0 Å². The first-order valence-electron chi connectivity index (χ1n) is 8.93. The Morgan fingerprint density at radius 3 is 2.83 bits per heavy atom. The highest BCUT2D eigenvalue weighted by atomic mass is 16.1. The van der Waals surface area contributed by atoms with E-state index in [0.29, 0.717) is 17.1 Å². The van der Waals surface area contributed by atoms with Crippen LogP contribution in [0.4, 0.5) is 5.69 Å². The molecule has 0 aliphatic heterocycles. The molecule has 2 aromatic heterocycles. The van der Waals surface area contributed by atoms with Crippen LogP contribution >= 0.6 is 0 Å². The third-order valence-corrected chi connectivity index (χ3v) is 4.49. The number of fused-ring (bicyclic) bond motifs is 2. The van der Waals surface area contributed by atoms with E-state index in [9.17, 15) is 4.79 Å². The van der Waals surface area contributed by atoms with Gasteiger partial charge in [0.15, 0.2) is 0 Å². The summed E-state index contributed by atoms with van der Waals surface area (Å²) in [5, 5.41) is 16.0. The number of aromatic amines is 1. The standard InChI is InChI=1S/C21H19N7O/c1-12(27-28-21(22)23)14-5-7-17-15(9-14)10-19(26-17)20(29)25-16-6-4-13-3-2-8-24-18(13)11-16/h2-11,26H,1H3,(H,25,29)(H4,22,23,28)/b27-12+. The Morgan fingerprint density at radius 2 is 2.00 bits per heavy atom. The van der Waals surface area contributed by atoms with Crippen molar-refractivity contribution in [3.8, 4) is 0 Å². The number of amides is 1. The number of nitrogens with zero attached hydrogens (tertiary/aromatic N) is 2. The van der Waals surface area contributed by atoms with Gasteiger partial charge in [-0.05, 0) is 48.9 Å². The van der Waals surface area contributed by atoms with Crippen molar-refractivity contribution in [1.29, 1.82) is 5.41 Å². The van der Waals surface area contributed by atoms with Crippen molar-refractivity contribution in [2.45, 2.75) is 6.92 Å². The number of carbonyl (C=O) groups is 1. The second kappa shape index (κ2) is 7.43. The summed E-state index contributed by atoms with van der Waals surface area (Å²) in [7, 11) is 0. The lowest BCUT2D eigenvalue weighted by molar-refractivity contribution is 0.102. The van der Waals surface area contributed by atoms with Gasteiger partial charge in [0, 0.05) is 28.2 Å². The first kappa shape index (κ1) is 18.2. The average molecular weight is 385 g/mol. The topological polar surface area (TPSA) is 132 Å². The number of anilines is 1. The van der Waals surface area contributed by atoms with E-state index in [-0.39, 0.29) is 11.9 Å². The zero-order chi connectivity index (χ0) is 20.4. The third-order valence-electron chi connectivity index (χ3n) is 4.49. The SMILES string of the molecule is C/C(=N\NC(=N)N)c1ccc2[nH]c(C(=O)Nc3ccc4cccnc4c3)cc2c1. The number of hydrazone groups is 1. The van der Waals surface area contributed by atoms with Gasteiger partial charge in [0.2, 0.25) is 5.96 Å². The Balaban J connectivity index is 1.57. The Morgan fingerprint density at radius 1 is 1.14 bits per heavy atom. The number of guanidine groups is 1. The van der Waals surface area contributed by atoms with Crippen LogP contribution in [0.1, 0.15) is 23.0 Å². The number of H-pyrrole nitrogens is 1. The van der Waals surface area contributed by atoms with Crippen molar-refractivity contribution in [3.05, 3.63) is 72.1 Å². The lowest BCUT2D eigenvalue weighted by Crippen LogP contribution is -2.26. The van der Waals surface area contributed by atoms with Crippen LogP contribution in [-0.4, -0.2) is 27.5 Å². The first-order valence-corrected chi connectivity index (χ1v) is 8.93. The lowest BCUT2D eigenvalue weighted by Gasteiger charge is -2.05. The molecule has 0 saturated heterocycles. The van der Waals surface area contributed by atoms with Gasteiger partial charge in [-0.2, -0.15) is 5.10 Å². The van der Waals surface area contributed by atoms with Gasteiger partial charge in [-0.25, -0.2) is 5.43 Å². The zero-order valence-electron chi connectivity index (χ0n) is 15.7. The Hall–Kier alpha value is -4.20. The minimum atomic E-state index is -0.235. The Labute approximate surface area is 166 Å². The number of hydrogen-bond donors (Lipinski definition) is 5. The summed E-state index contributed by atoms with van der Waals surface area (Å²) in [5.41, 5.74) is 12.0. The fourth-order valence-electron chi connectivity index (χ4n) is 3.03. The summed E-state index contributed by atoms with van der Waals surface area (Å²) in [6.07, 6.45) is 1.72. The van der Waals surface area contributed by atoms with Gasteiger partial charge in [0.05, 0.1) is 11.2 Å². The van der Waals surface area contributed by atoms with Gasteiger partial charge in [-0.15, -0.1) is 0 Å². The number of nitrogens with one attached hydrogen (secondary N) is 4. The van der Waals surface area contributed by atoms with E-state index in [2.05, 4.69) is 25.8 Å². The number of aromatic nitrogens is 2. The third kappa shape index (κ3) is 3.91. The van der Waals surface area contributed by atoms with Crippen molar-refractivity contribution in [1.82, 2.24) is 15.4 Å². The van der Waals surface area contributed by atoms with Crippen molar-refractivity contribution < 1.29 is 4.79 Å². The number of carbonyl (C=O) groups excluding carboxylic acids is 1. The van der Waals surface area contributed by atoms with Crippen molar-refractivity contribution in [2.75, 3.05) is 5.32 Å². The van der Waals surface area contributed by atoms with Crippen molar-refractivity contribution in [3.63, 3.8) is 0 Å². The van der Waals surface area contributed by atoms with Gasteiger partial charge < -0.3 is 16.0 Å². The molecule has 0 aliphatic carbocycles. The molecule has 0 saturated carbocycles. The summed E-state index contributed by atoms with van der Waals surface area (Å²) in [6.45, 7) is 1.81. The number of nitrogens with two attached hydrogens (primary N) is 1. The summed E-state index contributed by atoms with van der Waals surface area (Å²) in [5.74, 6) is -0.461. The van der Waals surface area contributed by atoms with Gasteiger partial charge in [-0.3, -0.25) is 15.2 Å². The van der Waals surface area contributed by atoms with Gasteiger partial charge in [0.25, 0.3) is 5.91 Å². The van der Waals surface area contributed by atoms with Crippen LogP contribution in [0, 0.1) is 5.41 Å². The van der Waals surface area contributed by atoms with E-state index >= 15 is 0 Å². The van der Waals surface area contributed by atoms with Crippen LogP contribution in [0.3, 0.4) is 0 Å². The number of hydrogen-bond acceptors (Lipinski definition) is 4. The summed E-state index contributed by atoms with van der Waals surface area (Å²) in [4.78, 5) is 20.1. The molecule has 1 amide bonds. The molecular weight excluding hydrogens is 366 g/mol. The predicted octanol–water partition coefficient (Wildman–Crippen LogP) is 3.18. The largest absolute Gasteiger partial charge is 0.369 e. The smallest absolute Gasteiger partial charge is 0.272 e. The average Bonchev–Trinajstić information content (AvgIpc) is 3.15. The van der Waals surface area contributed by atoms with Crippen LogP contribution < -0.4 is 16.5 Å². The minimum absolute atomic E-state index is 0.227. The molecule has 2 aromatic carbocycles. The second-order valence-corrected chi connectivity index (χ2v) is 6.57. The van der Waals surface area contributed by atoms with Crippen molar-refractivity contribution in [2.24, 2.45) is 10.8 Å². The van der Waals surface area contributed by atoms with Gasteiger partial charge >= 0.3 is 0 Å². The number of pyridine rings is 1. The first-order chi connectivity index (χ1) is 14.0. The van der Waals surface area contributed by atoms with Crippen LogP contribution in [-0.2, 0) is 0 Å². The lowest BCUT2D eigenvalue weighted by atomic mass is 10.1. The molecule has 29 heavy (non-hydrogen) atoms. The molecule has 0 radical (unpaired) electrons. The van der Waals surface area contributed by atoms with E-state index < -0.39 is 0 Å². The molecule has 2 heterocycles. The molecule has 0 aliphatic rings. The second-order valence-electron chi connectivity index (χ2n) is 6.57. The molecular formula is C21H19N7O. The van der Waals surface area contributed by atoms with E-state index in [0.717, 1.165) is 27.4 Å². The van der Waals surface area contributed by atoms with E-state index in [4.69, 9.17) is 11.1 Å². The molecule has 144 valence electrons. The fraction of sp³-hybridized carbons (Fsp3) is 0.0476. The molecule has 0 bridgehead atoms. The van der Waals surface area contributed by atoms with E-state index in [1.165, 1.54) is 0 Å². The normalized spacial score (nSPS) is 11.6. The number of rotatable bonds is 4. The highest BCUT2D eigenvalue weighted by Gasteiger charge is 2.11. The molecule has 8 nitrogen and oxygen atoms in total. The molecule has 0 spiro atoms. The van der Waals surface area contributed by atoms with Gasteiger partial charge in [-0.1, -0.05) is 18.2 Å². The van der Waals surface area contributed by atoms with Crippen LogP contribution in [0.15, 0.2) is 65.9 Å². The van der Waals surface area contributed by atoms with Crippen LogP contribution in [0.5, 0.6) is 0 Å². The Bertz CT molecular complexity index is 1270. The monoisotopic (exact) mass is 385 g/mol. The maximum absolute atomic E-state index is 12.7. The molecule has 0 fully saturated rings. The summed E-state index contributed by atoms with van der Waals surface area (Å²) in [6, 6.07) is 16.9. The summed E-state index contributed by atoms with van der Waals surface area (Å²) < 4.78 is 0. The zero-order valence-corrected chi connectivity index (χ0v) is 15.7. The van der Waals surface area contributed by atoms with Crippen molar-refractivity contribution >= 4 is 45.1 Å². The summed E-state index contributed by atoms with van der Waals surface area (Å²) >= 11 is 0. The molecule has 4 rings (SSSR count). The van der Waals surface area contributed by atoms with Gasteiger partial charge in [0.1, 0.15) is 5.69 Å². The minimum Gasteiger partial charge on any atom is -0.369 e. The van der Waals surface area contributed by atoms with E-state index in [1.807, 2.05) is 55.5 Å². The quantitative estimate of drug-likeness (QED) is 0.210. The molecule has 6 N–H and O–H groups in total. The molecule has 0 atom stereocenters. The number of benzene rings is 2. The molecule has 4 aromatic rings. The molecule has 8 heteroatoms. The van der Waals surface area contributed by atoms with E-state index in [1.54, 1.807) is 12.3 Å². The maximum atomic E-state index is 12.7. The predicted molar refractivity (Wildman–Crippen MR) is 115 cm³/mol. The molecule has 0 unspecified atom stereocenters. The van der Waals surface area contributed by atoms with Crippen LogP contribution in [0.25, 0.3) is 21.8 Å². The Kier molecular flexibility index (Phi) is 4.66. The highest BCUT2D eigenvalue weighted by Crippen LogP contribution is 2.20. The highest BCUT2D eigenvalue weighted by molar-refractivity contribution is 6.08. The maximum Gasteiger partial charge on any atom is 0.272 e.